The maximum absolute atomic E-state index is 13.9. The lowest BCUT2D eigenvalue weighted by atomic mass is 9.97. The van der Waals surface area contributed by atoms with E-state index in [4.69, 9.17) is 0 Å². The van der Waals surface area contributed by atoms with Gasteiger partial charge in [0.25, 0.3) is 0 Å². The number of rotatable bonds is 5. The van der Waals surface area contributed by atoms with Gasteiger partial charge in [0.2, 0.25) is 0 Å². The third-order valence-electron chi connectivity index (χ3n) is 5.43. The summed E-state index contributed by atoms with van der Waals surface area (Å²) in [5.41, 5.74) is 7.84. The Morgan fingerprint density at radius 1 is 1.19 bits per heavy atom. The first kappa shape index (κ1) is 19.7. The summed E-state index contributed by atoms with van der Waals surface area (Å²) in [6.07, 6.45) is 9.09. The molecule has 5 aromatic rings. The Hall–Kier alpha value is -4.26. The van der Waals surface area contributed by atoms with E-state index >= 15 is 0 Å². The number of halogens is 1. The number of aromatic nitrogens is 6. The Kier molecular flexibility index (Phi) is 4.78. The number of hydrogen-bond acceptors (Lipinski definition) is 3. The van der Waals surface area contributed by atoms with Crippen molar-refractivity contribution in [2.75, 3.05) is 0 Å². The fraction of sp³-hybridized carbons (Fsp3) is 0.0800. The molecule has 0 aliphatic carbocycles. The van der Waals surface area contributed by atoms with Gasteiger partial charge in [-0.2, -0.15) is 10.2 Å². The van der Waals surface area contributed by atoms with E-state index in [0.29, 0.717) is 0 Å². The van der Waals surface area contributed by atoms with Crippen LogP contribution in [0.25, 0.3) is 39.1 Å². The highest BCUT2D eigenvalue weighted by Gasteiger charge is 2.17. The summed E-state index contributed by atoms with van der Waals surface area (Å²) in [5.74, 6) is -0.278. The molecule has 6 nitrogen and oxygen atoms in total. The zero-order chi connectivity index (χ0) is 22.2. The zero-order valence-electron chi connectivity index (χ0n) is 17.7. The maximum atomic E-state index is 13.9. The lowest BCUT2D eigenvalue weighted by Gasteiger charge is -2.07. The van der Waals surface area contributed by atoms with Crippen LogP contribution in [0.3, 0.4) is 0 Å². The fourth-order valence-electron chi connectivity index (χ4n) is 3.91. The number of benzene rings is 1. The molecule has 4 heterocycles. The number of aromatic amines is 2. The van der Waals surface area contributed by atoms with Crippen LogP contribution in [0.15, 0.2) is 73.7 Å². The highest BCUT2D eigenvalue weighted by atomic mass is 19.1. The van der Waals surface area contributed by atoms with Crippen molar-refractivity contribution in [2.24, 2.45) is 7.05 Å². The van der Waals surface area contributed by atoms with Crippen molar-refractivity contribution in [2.45, 2.75) is 6.92 Å². The SMILES string of the molecule is C=C/C=C(/c1cccc(F)c1)c1cc(-c2n[nH]c3cnc(-c4cnn(C)c4)cc23)[nH]c1C. The molecule has 0 aliphatic rings. The van der Waals surface area contributed by atoms with E-state index in [0.717, 1.165) is 55.9 Å². The second-order valence-corrected chi connectivity index (χ2v) is 7.64. The first-order chi connectivity index (χ1) is 15.5. The lowest BCUT2D eigenvalue weighted by Crippen LogP contribution is -1.89. The lowest BCUT2D eigenvalue weighted by molar-refractivity contribution is 0.627. The molecule has 0 fully saturated rings. The van der Waals surface area contributed by atoms with Gasteiger partial charge < -0.3 is 4.98 Å². The van der Waals surface area contributed by atoms with Crippen LogP contribution in [0, 0.1) is 12.7 Å². The average Bonchev–Trinajstić information content (AvgIpc) is 3.49. The molecule has 2 N–H and O–H groups in total. The van der Waals surface area contributed by atoms with Crippen molar-refractivity contribution in [1.82, 2.24) is 29.9 Å². The molecule has 0 atom stereocenters. The molecule has 7 heteroatoms. The third-order valence-corrected chi connectivity index (χ3v) is 5.43. The van der Waals surface area contributed by atoms with Crippen LogP contribution in [-0.4, -0.2) is 29.9 Å². The average molecular weight is 424 g/mol. The van der Waals surface area contributed by atoms with Crippen LogP contribution in [0.1, 0.15) is 16.8 Å². The van der Waals surface area contributed by atoms with E-state index in [1.165, 1.54) is 12.1 Å². The molecule has 0 aliphatic heterocycles. The number of aryl methyl sites for hydroxylation is 2. The first-order valence-corrected chi connectivity index (χ1v) is 10.2. The topological polar surface area (TPSA) is 75.2 Å². The summed E-state index contributed by atoms with van der Waals surface area (Å²) < 4.78 is 15.6. The molecule has 4 aromatic heterocycles. The van der Waals surface area contributed by atoms with E-state index in [1.807, 2.05) is 44.4 Å². The van der Waals surface area contributed by atoms with Gasteiger partial charge in [-0.15, -0.1) is 0 Å². The number of fused-ring (bicyclic) bond motifs is 1. The molecule has 0 saturated carbocycles. The first-order valence-electron chi connectivity index (χ1n) is 10.2. The van der Waals surface area contributed by atoms with Crippen LogP contribution in [-0.2, 0) is 7.05 Å². The van der Waals surface area contributed by atoms with Gasteiger partial charge >= 0.3 is 0 Å². The van der Waals surface area contributed by atoms with Crippen LogP contribution < -0.4 is 0 Å². The monoisotopic (exact) mass is 424 g/mol. The minimum Gasteiger partial charge on any atom is -0.357 e. The Morgan fingerprint density at radius 3 is 2.81 bits per heavy atom. The van der Waals surface area contributed by atoms with Crippen LogP contribution in [0.4, 0.5) is 4.39 Å². The summed E-state index contributed by atoms with van der Waals surface area (Å²) >= 11 is 0. The molecule has 0 unspecified atom stereocenters. The smallest absolute Gasteiger partial charge is 0.123 e. The summed E-state index contributed by atoms with van der Waals surface area (Å²) in [5, 5.41) is 12.8. The van der Waals surface area contributed by atoms with Gasteiger partial charge in [0.1, 0.15) is 11.5 Å². The predicted molar refractivity (Wildman–Crippen MR) is 124 cm³/mol. The molecule has 0 spiro atoms. The molecule has 0 amide bonds. The van der Waals surface area contributed by atoms with Gasteiger partial charge in [0.05, 0.1) is 29.3 Å². The fourth-order valence-corrected chi connectivity index (χ4v) is 3.91. The zero-order valence-corrected chi connectivity index (χ0v) is 17.7. The Balaban J connectivity index is 1.61. The number of hydrogen-bond donors (Lipinski definition) is 2. The molecule has 158 valence electrons. The van der Waals surface area contributed by atoms with E-state index in [1.54, 1.807) is 29.2 Å². The number of pyridine rings is 1. The molecule has 0 saturated heterocycles. The molecule has 0 radical (unpaired) electrons. The summed E-state index contributed by atoms with van der Waals surface area (Å²) in [6.45, 7) is 5.82. The standard InChI is InChI=1S/C25H21FN6/c1-4-6-19(16-7-5-8-18(26)9-16)20-10-23(29-15(20)2)25-21-11-22(17-12-28-32(3)14-17)27-13-24(21)30-31-25/h4-14,29H,1H2,2-3H3,(H,30,31)/b19-6-. The van der Waals surface area contributed by atoms with Gasteiger partial charge in [-0.1, -0.05) is 30.9 Å². The van der Waals surface area contributed by atoms with Crippen molar-refractivity contribution < 1.29 is 4.39 Å². The summed E-state index contributed by atoms with van der Waals surface area (Å²) in [6, 6.07) is 10.6. The Bertz CT molecular complexity index is 1480. The molecule has 32 heavy (non-hydrogen) atoms. The van der Waals surface area contributed by atoms with E-state index < -0.39 is 0 Å². The molecule has 0 bridgehead atoms. The highest BCUT2D eigenvalue weighted by Crippen LogP contribution is 2.33. The summed E-state index contributed by atoms with van der Waals surface area (Å²) in [4.78, 5) is 7.97. The second-order valence-electron chi connectivity index (χ2n) is 7.64. The van der Waals surface area contributed by atoms with Crippen molar-refractivity contribution in [3.63, 3.8) is 0 Å². The van der Waals surface area contributed by atoms with Crippen molar-refractivity contribution in [1.29, 1.82) is 0 Å². The highest BCUT2D eigenvalue weighted by molar-refractivity contribution is 5.95. The van der Waals surface area contributed by atoms with Gasteiger partial charge in [-0.3, -0.25) is 14.8 Å². The Labute approximate surface area is 184 Å². The van der Waals surface area contributed by atoms with Crippen molar-refractivity contribution in [3.05, 3.63) is 96.4 Å². The minimum atomic E-state index is -0.278. The van der Waals surface area contributed by atoms with Crippen molar-refractivity contribution in [3.8, 4) is 22.6 Å². The molecule has 5 rings (SSSR count). The van der Waals surface area contributed by atoms with Gasteiger partial charge in [0, 0.05) is 35.5 Å². The molecular weight excluding hydrogens is 403 g/mol. The van der Waals surface area contributed by atoms with E-state index in [9.17, 15) is 4.39 Å². The number of nitrogens with one attached hydrogen (secondary N) is 2. The predicted octanol–water partition coefficient (Wildman–Crippen LogP) is 5.42. The van der Waals surface area contributed by atoms with Crippen LogP contribution in [0.2, 0.25) is 0 Å². The Morgan fingerprint density at radius 2 is 2.06 bits per heavy atom. The van der Waals surface area contributed by atoms with Crippen LogP contribution >= 0.6 is 0 Å². The molecule has 1 aromatic carbocycles. The van der Waals surface area contributed by atoms with E-state index in [2.05, 4.69) is 31.8 Å². The van der Waals surface area contributed by atoms with Gasteiger partial charge in [-0.25, -0.2) is 4.39 Å². The third kappa shape index (κ3) is 3.43. The second kappa shape index (κ2) is 7.77. The van der Waals surface area contributed by atoms with Gasteiger partial charge in [0.15, 0.2) is 0 Å². The normalized spacial score (nSPS) is 11.9. The minimum absolute atomic E-state index is 0.278. The number of H-pyrrole nitrogens is 2. The summed E-state index contributed by atoms with van der Waals surface area (Å²) in [7, 11) is 1.88. The quantitative estimate of drug-likeness (QED) is 0.370. The maximum Gasteiger partial charge on any atom is 0.123 e. The molecular formula is C25H21FN6. The van der Waals surface area contributed by atoms with Crippen molar-refractivity contribution >= 4 is 16.5 Å². The van der Waals surface area contributed by atoms with Crippen LogP contribution in [0.5, 0.6) is 0 Å². The largest absolute Gasteiger partial charge is 0.357 e. The number of allylic oxidation sites excluding steroid dienone is 2. The van der Waals surface area contributed by atoms with E-state index in [-0.39, 0.29) is 5.82 Å². The number of nitrogens with zero attached hydrogens (tertiary/aromatic N) is 4. The van der Waals surface area contributed by atoms with Gasteiger partial charge in [-0.05, 0) is 42.3 Å².